The second kappa shape index (κ2) is 62.9. The number of carbonyl (C=O) groups is 1. The molecule has 486 valence electrons. The quantitative estimate of drug-likeness (QED) is 0.0261. The normalized spacial score (nSPS) is 18.6. The van der Waals surface area contributed by atoms with E-state index in [0.29, 0.717) is 6.42 Å². The number of aliphatic hydroxyl groups is 5. The first kappa shape index (κ1) is 78.9. The molecule has 0 spiro atoms. The summed E-state index contributed by atoms with van der Waals surface area (Å²) in [6.45, 7) is 3.79. The van der Waals surface area contributed by atoms with Gasteiger partial charge in [0, 0.05) is 6.42 Å². The fourth-order valence-corrected chi connectivity index (χ4v) is 11.4. The van der Waals surface area contributed by atoms with Gasteiger partial charge in [0.1, 0.15) is 24.4 Å². The minimum atomic E-state index is -1.58. The molecule has 0 aromatic heterocycles. The molecule has 1 fully saturated rings. The van der Waals surface area contributed by atoms with Gasteiger partial charge < -0.3 is 40.3 Å². The molecule has 0 aromatic carbocycles. The molecule has 0 aliphatic carbocycles. The molecular weight excluding hydrogens is 1030 g/mol. The van der Waals surface area contributed by atoms with Gasteiger partial charge in [0.15, 0.2) is 6.29 Å². The second-order valence-electron chi connectivity index (χ2n) is 25.0. The van der Waals surface area contributed by atoms with Crippen molar-refractivity contribution in [3.05, 3.63) is 60.8 Å². The molecular formula is C74H137NO8. The molecule has 0 bridgehead atoms. The van der Waals surface area contributed by atoms with Crippen molar-refractivity contribution in [2.75, 3.05) is 13.2 Å². The maximum absolute atomic E-state index is 13.1. The summed E-state index contributed by atoms with van der Waals surface area (Å²) in [4.78, 5) is 13.1. The van der Waals surface area contributed by atoms with Crippen LogP contribution < -0.4 is 5.32 Å². The third-order valence-electron chi connectivity index (χ3n) is 17.0. The standard InChI is InChI=1S/C74H137NO8/c1-3-5-7-9-11-13-15-17-19-21-23-25-27-29-31-33-34-36-38-40-42-44-46-48-50-52-54-56-58-60-62-64-70(78)75-67(66-82-74-73(81)72(80)71(79)69(65-76)83-74)68(77)63-61-59-57-55-53-51-49-47-45-43-41-39-37-35-32-30-28-26-24-22-20-18-16-14-12-10-8-6-4-2/h15,17,21,23,45,47,53,55,61,63,67-69,71-74,76-77,79-81H,3-14,16,18-20,22,24-44,46,48-52,54,56-60,62,64-66H2,1-2H3,(H,75,78)/b17-15-,23-21-,47-45+,55-53+,63-61+. The average Bonchev–Trinajstić information content (AvgIpc) is 3.61. The van der Waals surface area contributed by atoms with Gasteiger partial charge in [0.2, 0.25) is 5.91 Å². The summed E-state index contributed by atoms with van der Waals surface area (Å²) in [5, 5.41) is 54.8. The molecule has 9 heteroatoms. The van der Waals surface area contributed by atoms with E-state index in [1.807, 2.05) is 6.08 Å². The van der Waals surface area contributed by atoms with Crippen molar-refractivity contribution in [1.29, 1.82) is 0 Å². The largest absolute Gasteiger partial charge is 0.394 e. The zero-order valence-corrected chi connectivity index (χ0v) is 54.5. The lowest BCUT2D eigenvalue weighted by atomic mass is 9.99. The van der Waals surface area contributed by atoms with Crippen molar-refractivity contribution in [1.82, 2.24) is 5.32 Å². The molecule has 1 aliphatic heterocycles. The van der Waals surface area contributed by atoms with Crippen molar-refractivity contribution in [3.63, 3.8) is 0 Å². The van der Waals surface area contributed by atoms with Crippen LogP contribution in [0, 0.1) is 0 Å². The number of unbranched alkanes of at least 4 members (excludes halogenated alkanes) is 45. The van der Waals surface area contributed by atoms with Crippen LogP contribution in [0.1, 0.15) is 348 Å². The molecule has 1 heterocycles. The third kappa shape index (κ3) is 51.6. The van der Waals surface area contributed by atoms with E-state index in [2.05, 4.69) is 67.8 Å². The number of rotatable bonds is 63. The van der Waals surface area contributed by atoms with Crippen LogP contribution in [-0.4, -0.2) is 87.5 Å². The maximum Gasteiger partial charge on any atom is 0.220 e. The van der Waals surface area contributed by atoms with Crippen LogP contribution in [0.15, 0.2) is 60.8 Å². The number of amides is 1. The molecule has 0 saturated carbocycles. The SMILES string of the molecule is CCCCCCC/C=C\C/C=C\CCCCCCCCCCCCCCCCCCCCCC(=O)NC(COC1OC(CO)C(O)C(O)C1O)C(O)/C=C/CC/C=C/CC/C=C/CCCCCCCCCCCCCCCCCCCCC. The zero-order valence-electron chi connectivity index (χ0n) is 54.5. The predicted molar refractivity (Wildman–Crippen MR) is 355 cm³/mol. The Labute approximate surface area is 513 Å². The van der Waals surface area contributed by atoms with Gasteiger partial charge in [-0.1, -0.05) is 325 Å². The molecule has 7 unspecified atom stereocenters. The fraction of sp³-hybridized carbons (Fsp3) is 0.851. The smallest absolute Gasteiger partial charge is 0.220 e. The molecule has 7 atom stereocenters. The van der Waals surface area contributed by atoms with Crippen LogP contribution in [0.3, 0.4) is 0 Å². The van der Waals surface area contributed by atoms with E-state index in [-0.39, 0.29) is 12.5 Å². The van der Waals surface area contributed by atoms with Crippen LogP contribution in [0.5, 0.6) is 0 Å². The lowest BCUT2D eigenvalue weighted by Gasteiger charge is -2.40. The van der Waals surface area contributed by atoms with Crippen molar-refractivity contribution in [2.45, 2.75) is 391 Å². The highest BCUT2D eigenvalue weighted by Crippen LogP contribution is 2.23. The van der Waals surface area contributed by atoms with E-state index in [1.54, 1.807) is 6.08 Å². The summed E-state index contributed by atoms with van der Waals surface area (Å²) in [6.07, 6.45) is 80.5. The lowest BCUT2D eigenvalue weighted by molar-refractivity contribution is -0.302. The summed E-state index contributed by atoms with van der Waals surface area (Å²) >= 11 is 0. The van der Waals surface area contributed by atoms with E-state index < -0.39 is 49.5 Å². The molecule has 83 heavy (non-hydrogen) atoms. The predicted octanol–water partition coefficient (Wildman–Crippen LogP) is 19.8. The second-order valence-corrected chi connectivity index (χ2v) is 25.0. The van der Waals surface area contributed by atoms with E-state index in [9.17, 15) is 30.3 Å². The van der Waals surface area contributed by atoms with Crippen LogP contribution in [0.25, 0.3) is 0 Å². The van der Waals surface area contributed by atoms with Gasteiger partial charge in [-0.15, -0.1) is 0 Å². The first-order valence-corrected chi connectivity index (χ1v) is 36.0. The van der Waals surface area contributed by atoms with Gasteiger partial charge in [-0.2, -0.15) is 0 Å². The van der Waals surface area contributed by atoms with Gasteiger partial charge in [-0.3, -0.25) is 4.79 Å². The molecule has 1 rings (SSSR count). The summed E-state index contributed by atoms with van der Waals surface area (Å²) in [5.74, 6) is -0.186. The van der Waals surface area contributed by atoms with Crippen molar-refractivity contribution < 1.29 is 39.8 Å². The van der Waals surface area contributed by atoms with E-state index in [1.165, 1.54) is 276 Å². The van der Waals surface area contributed by atoms with Crippen molar-refractivity contribution in [3.8, 4) is 0 Å². The Morgan fingerprint density at radius 2 is 0.723 bits per heavy atom. The number of hydrogen-bond donors (Lipinski definition) is 6. The van der Waals surface area contributed by atoms with Gasteiger partial charge >= 0.3 is 0 Å². The highest BCUT2D eigenvalue weighted by atomic mass is 16.7. The number of aliphatic hydroxyl groups excluding tert-OH is 5. The van der Waals surface area contributed by atoms with Crippen LogP contribution in [-0.2, 0) is 14.3 Å². The Hall–Kier alpha value is -2.11. The first-order valence-electron chi connectivity index (χ1n) is 36.0. The first-order chi connectivity index (χ1) is 40.8. The molecule has 1 amide bonds. The monoisotopic (exact) mass is 1170 g/mol. The highest BCUT2D eigenvalue weighted by molar-refractivity contribution is 5.76. The van der Waals surface area contributed by atoms with E-state index >= 15 is 0 Å². The minimum absolute atomic E-state index is 0.186. The van der Waals surface area contributed by atoms with Gasteiger partial charge in [0.25, 0.3) is 0 Å². The summed E-state index contributed by atoms with van der Waals surface area (Å²) < 4.78 is 11.3. The molecule has 1 aliphatic rings. The van der Waals surface area contributed by atoms with Gasteiger partial charge in [0.05, 0.1) is 25.4 Å². The topological polar surface area (TPSA) is 149 Å². The van der Waals surface area contributed by atoms with E-state index in [4.69, 9.17) is 9.47 Å². The van der Waals surface area contributed by atoms with Crippen molar-refractivity contribution >= 4 is 5.91 Å². The van der Waals surface area contributed by atoms with Crippen LogP contribution in [0.4, 0.5) is 0 Å². The van der Waals surface area contributed by atoms with E-state index in [0.717, 1.165) is 51.4 Å². The summed E-state index contributed by atoms with van der Waals surface area (Å²) in [5.41, 5.74) is 0. The fourth-order valence-electron chi connectivity index (χ4n) is 11.4. The van der Waals surface area contributed by atoms with Crippen LogP contribution >= 0.6 is 0 Å². The molecule has 1 saturated heterocycles. The Morgan fingerprint density at radius 3 is 1.08 bits per heavy atom. The number of nitrogens with one attached hydrogen (secondary N) is 1. The summed E-state index contributed by atoms with van der Waals surface area (Å²) in [7, 11) is 0. The Morgan fingerprint density at radius 1 is 0.410 bits per heavy atom. The lowest BCUT2D eigenvalue weighted by Crippen LogP contribution is -2.60. The zero-order chi connectivity index (χ0) is 60.0. The Balaban J connectivity index is 2.15. The number of hydrogen-bond acceptors (Lipinski definition) is 8. The Kier molecular flexibility index (Phi) is 59.8. The molecule has 6 N–H and O–H groups in total. The Bertz CT molecular complexity index is 1500. The number of allylic oxidation sites excluding steroid dienone is 9. The molecule has 9 nitrogen and oxygen atoms in total. The van der Waals surface area contributed by atoms with Gasteiger partial charge in [-0.25, -0.2) is 0 Å². The average molecular weight is 1170 g/mol. The third-order valence-corrected chi connectivity index (χ3v) is 17.0. The molecule has 0 radical (unpaired) electrons. The maximum atomic E-state index is 13.1. The van der Waals surface area contributed by atoms with Crippen molar-refractivity contribution in [2.24, 2.45) is 0 Å². The number of ether oxygens (including phenoxy) is 2. The number of carbonyl (C=O) groups excluding carboxylic acids is 1. The minimum Gasteiger partial charge on any atom is -0.394 e. The highest BCUT2D eigenvalue weighted by Gasteiger charge is 2.44. The molecule has 0 aromatic rings. The summed E-state index contributed by atoms with van der Waals surface area (Å²) in [6, 6.07) is -0.831. The van der Waals surface area contributed by atoms with Gasteiger partial charge in [-0.05, 0) is 77.0 Å². The van der Waals surface area contributed by atoms with Crippen LogP contribution in [0.2, 0.25) is 0 Å².